The first kappa shape index (κ1) is 20.1. The fourth-order valence-corrected chi connectivity index (χ4v) is 8.24. The SMILES string of the molecule is Cc1oc(C(=O)O)cc1CO[Si](c1ccccc1)(c1ccccc1)C(C)(C)C. The highest BCUT2D eigenvalue weighted by Gasteiger charge is 2.50. The lowest BCUT2D eigenvalue weighted by molar-refractivity contribution is 0.0661. The lowest BCUT2D eigenvalue weighted by atomic mass is 10.2. The quantitative estimate of drug-likeness (QED) is 0.631. The molecule has 146 valence electrons. The Labute approximate surface area is 166 Å². The number of furan rings is 1. The van der Waals surface area contributed by atoms with E-state index < -0.39 is 14.3 Å². The Bertz CT molecular complexity index is 900. The maximum Gasteiger partial charge on any atom is 0.371 e. The highest BCUT2D eigenvalue weighted by Crippen LogP contribution is 2.37. The second-order valence-corrected chi connectivity index (χ2v) is 12.3. The average Bonchev–Trinajstić information content (AvgIpc) is 3.04. The summed E-state index contributed by atoms with van der Waals surface area (Å²) in [4.78, 5) is 11.2. The van der Waals surface area contributed by atoms with Crippen LogP contribution in [0.15, 0.2) is 71.1 Å². The molecule has 0 saturated heterocycles. The Morgan fingerprint density at radius 1 is 1.00 bits per heavy atom. The molecule has 28 heavy (non-hydrogen) atoms. The monoisotopic (exact) mass is 394 g/mol. The predicted molar refractivity (Wildman–Crippen MR) is 113 cm³/mol. The molecule has 3 aromatic rings. The van der Waals surface area contributed by atoms with Gasteiger partial charge in [-0.25, -0.2) is 4.79 Å². The van der Waals surface area contributed by atoms with Gasteiger partial charge in [0.2, 0.25) is 5.76 Å². The van der Waals surface area contributed by atoms with Crippen molar-refractivity contribution in [3.8, 4) is 0 Å². The van der Waals surface area contributed by atoms with Crippen molar-refractivity contribution in [3.05, 3.63) is 83.8 Å². The highest BCUT2D eigenvalue weighted by molar-refractivity contribution is 6.99. The summed E-state index contributed by atoms with van der Waals surface area (Å²) in [5.74, 6) is -0.548. The second kappa shape index (κ2) is 7.77. The van der Waals surface area contributed by atoms with Crippen LogP contribution in [0, 0.1) is 6.92 Å². The zero-order chi connectivity index (χ0) is 20.4. The Morgan fingerprint density at radius 2 is 1.50 bits per heavy atom. The zero-order valence-electron chi connectivity index (χ0n) is 16.7. The van der Waals surface area contributed by atoms with Crippen LogP contribution in [0.25, 0.3) is 0 Å². The van der Waals surface area contributed by atoms with Gasteiger partial charge in [0.25, 0.3) is 8.32 Å². The fourth-order valence-electron chi connectivity index (χ4n) is 3.72. The van der Waals surface area contributed by atoms with Gasteiger partial charge < -0.3 is 13.9 Å². The standard InChI is InChI=1S/C23H26O4Si/c1-17-18(15-21(27-17)22(24)25)16-26-28(23(2,3)4,19-11-7-5-8-12-19)20-13-9-6-10-14-20/h5-15H,16H2,1-4H3,(H,24,25). The Hall–Kier alpha value is -2.63. The van der Waals surface area contributed by atoms with Crippen LogP contribution in [0.4, 0.5) is 0 Å². The molecule has 0 saturated carbocycles. The van der Waals surface area contributed by atoms with Crippen LogP contribution >= 0.6 is 0 Å². The third-order valence-electron chi connectivity index (χ3n) is 5.09. The molecule has 0 atom stereocenters. The summed E-state index contributed by atoms with van der Waals surface area (Å²) in [6, 6.07) is 22.3. The van der Waals surface area contributed by atoms with E-state index in [1.165, 1.54) is 10.4 Å². The molecule has 0 bridgehead atoms. The van der Waals surface area contributed by atoms with Gasteiger partial charge in [0.05, 0.1) is 6.61 Å². The van der Waals surface area contributed by atoms with E-state index in [9.17, 15) is 9.90 Å². The van der Waals surface area contributed by atoms with Gasteiger partial charge in [-0.15, -0.1) is 0 Å². The highest BCUT2D eigenvalue weighted by atomic mass is 28.4. The van der Waals surface area contributed by atoms with E-state index in [1.54, 1.807) is 13.0 Å². The summed E-state index contributed by atoms with van der Waals surface area (Å²) >= 11 is 0. The van der Waals surface area contributed by atoms with Gasteiger partial charge in [0.1, 0.15) is 5.76 Å². The summed E-state index contributed by atoms with van der Waals surface area (Å²) in [5.41, 5.74) is 0.769. The lowest BCUT2D eigenvalue weighted by Gasteiger charge is -2.43. The van der Waals surface area contributed by atoms with Gasteiger partial charge in [-0.3, -0.25) is 0 Å². The normalized spacial score (nSPS) is 12.1. The number of carboxylic acids is 1. The third-order valence-corrected chi connectivity index (χ3v) is 10.1. The summed E-state index contributed by atoms with van der Waals surface area (Å²) in [7, 11) is -2.66. The molecule has 0 fully saturated rings. The van der Waals surface area contributed by atoms with Gasteiger partial charge in [-0.1, -0.05) is 81.4 Å². The molecule has 5 heteroatoms. The summed E-state index contributed by atoms with van der Waals surface area (Å²) < 4.78 is 12.2. The van der Waals surface area contributed by atoms with E-state index in [4.69, 9.17) is 8.84 Å². The number of hydrogen-bond acceptors (Lipinski definition) is 3. The van der Waals surface area contributed by atoms with E-state index >= 15 is 0 Å². The predicted octanol–water partition coefficient (Wildman–Crippen LogP) is 4.36. The van der Waals surface area contributed by atoms with Gasteiger partial charge in [0.15, 0.2) is 0 Å². The molecule has 0 aliphatic rings. The van der Waals surface area contributed by atoms with Crippen molar-refractivity contribution in [2.45, 2.75) is 39.3 Å². The van der Waals surface area contributed by atoms with Crippen molar-refractivity contribution in [1.82, 2.24) is 0 Å². The number of carboxylic acid groups (broad SMARTS) is 1. The largest absolute Gasteiger partial charge is 0.475 e. The van der Waals surface area contributed by atoms with E-state index in [-0.39, 0.29) is 10.8 Å². The molecule has 0 spiro atoms. The van der Waals surface area contributed by atoms with Crippen LogP contribution in [0.2, 0.25) is 5.04 Å². The lowest BCUT2D eigenvalue weighted by Crippen LogP contribution is -2.66. The molecular formula is C23H26O4Si. The topological polar surface area (TPSA) is 59.7 Å². The fraction of sp³-hybridized carbons (Fsp3) is 0.261. The molecule has 1 heterocycles. The van der Waals surface area contributed by atoms with Crippen LogP contribution in [-0.2, 0) is 11.0 Å². The van der Waals surface area contributed by atoms with E-state index in [0.29, 0.717) is 12.4 Å². The number of hydrogen-bond donors (Lipinski definition) is 1. The summed E-state index contributed by atoms with van der Waals surface area (Å²) in [6.45, 7) is 8.71. The maximum atomic E-state index is 11.2. The molecule has 3 rings (SSSR count). The molecule has 2 aromatic carbocycles. The van der Waals surface area contributed by atoms with Crippen LogP contribution in [-0.4, -0.2) is 19.4 Å². The van der Waals surface area contributed by atoms with E-state index in [1.807, 2.05) is 36.4 Å². The number of aromatic carboxylic acids is 1. The van der Waals surface area contributed by atoms with Crippen LogP contribution in [0.1, 0.15) is 42.6 Å². The number of aryl methyl sites for hydroxylation is 1. The van der Waals surface area contributed by atoms with Crippen LogP contribution in [0.3, 0.4) is 0 Å². The molecule has 1 aromatic heterocycles. The van der Waals surface area contributed by atoms with Crippen molar-refractivity contribution in [2.75, 3.05) is 0 Å². The number of rotatable bonds is 6. The molecule has 0 aliphatic heterocycles. The maximum absolute atomic E-state index is 11.2. The van der Waals surface area contributed by atoms with E-state index in [0.717, 1.165) is 5.56 Å². The van der Waals surface area contributed by atoms with Gasteiger partial charge in [0, 0.05) is 5.56 Å². The molecule has 4 nitrogen and oxygen atoms in total. The average molecular weight is 395 g/mol. The van der Waals surface area contributed by atoms with Gasteiger partial charge in [-0.05, 0) is 28.4 Å². The van der Waals surface area contributed by atoms with E-state index in [2.05, 4.69) is 45.0 Å². The van der Waals surface area contributed by atoms with Crippen LogP contribution in [0.5, 0.6) is 0 Å². The minimum Gasteiger partial charge on any atom is -0.475 e. The first-order valence-electron chi connectivity index (χ1n) is 9.33. The Balaban J connectivity index is 2.10. The summed E-state index contributed by atoms with van der Waals surface area (Å²) in [5, 5.41) is 11.5. The summed E-state index contributed by atoms with van der Waals surface area (Å²) in [6.07, 6.45) is 0. The first-order chi connectivity index (χ1) is 13.3. The molecule has 1 N–H and O–H groups in total. The minimum absolute atomic E-state index is 0.0569. The Kier molecular flexibility index (Phi) is 5.58. The third kappa shape index (κ3) is 3.68. The molecule has 0 radical (unpaired) electrons. The van der Waals surface area contributed by atoms with Gasteiger partial charge >= 0.3 is 5.97 Å². The molecular weight excluding hydrogens is 368 g/mol. The zero-order valence-corrected chi connectivity index (χ0v) is 17.7. The van der Waals surface area contributed by atoms with Crippen molar-refractivity contribution < 1.29 is 18.7 Å². The molecule has 0 amide bonds. The first-order valence-corrected chi connectivity index (χ1v) is 11.2. The van der Waals surface area contributed by atoms with Crippen molar-refractivity contribution in [1.29, 1.82) is 0 Å². The molecule has 0 unspecified atom stereocenters. The minimum atomic E-state index is -2.66. The van der Waals surface area contributed by atoms with Crippen molar-refractivity contribution in [2.24, 2.45) is 0 Å². The second-order valence-electron chi connectivity index (χ2n) is 7.95. The Morgan fingerprint density at radius 3 is 1.89 bits per heavy atom. The van der Waals surface area contributed by atoms with Crippen molar-refractivity contribution >= 4 is 24.7 Å². The smallest absolute Gasteiger partial charge is 0.371 e. The number of carbonyl (C=O) groups is 1. The van der Waals surface area contributed by atoms with Crippen LogP contribution < -0.4 is 10.4 Å². The molecule has 0 aliphatic carbocycles. The van der Waals surface area contributed by atoms with Crippen molar-refractivity contribution in [3.63, 3.8) is 0 Å². The van der Waals surface area contributed by atoms with Gasteiger partial charge in [-0.2, -0.15) is 0 Å². The number of benzene rings is 2.